The first-order chi connectivity index (χ1) is 14.1. The highest BCUT2D eigenvalue weighted by atomic mass is 16.6. The van der Waals surface area contributed by atoms with E-state index in [9.17, 15) is 9.59 Å². The van der Waals surface area contributed by atoms with E-state index < -0.39 is 6.09 Å². The molecule has 1 fully saturated rings. The molecule has 152 valence electrons. The molecule has 7 nitrogen and oxygen atoms in total. The molecular weight excluding hydrogens is 374 g/mol. The average Bonchev–Trinajstić information content (AvgIpc) is 2.78. The van der Waals surface area contributed by atoms with E-state index in [0.717, 1.165) is 5.56 Å². The number of amides is 1. The van der Waals surface area contributed by atoms with Crippen molar-refractivity contribution >= 4 is 18.0 Å². The van der Waals surface area contributed by atoms with Gasteiger partial charge in [-0.2, -0.15) is 0 Å². The maximum Gasteiger partial charge on any atom is 0.415 e. The van der Waals surface area contributed by atoms with Crippen molar-refractivity contribution in [3.63, 3.8) is 0 Å². The minimum absolute atomic E-state index is 0.149. The third-order valence-corrected chi connectivity index (χ3v) is 4.47. The largest absolute Gasteiger partial charge is 0.497 e. The molecule has 0 N–H and O–H groups in total. The molecular formula is C22H23NO6. The van der Waals surface area contributed by atoms with E-state index in [-0.39, 0.29) is 17.1 Å². The molecule has 0 unspecified atom stereocenters. The summed E-state index contributed by atoms with van der Waals surface area (Å²) in [5, 5.41) is 0. The fraction of sp³-hybridized carbons (Fsp3) is 0.273. The fourth-order valence-corrected chi connectivity index (χ4v) is 2.88. The summed E-state index contributed by atoms with van der Waals surface area (Å²) in [4.78, 5) is 26.8. The number of para-hydroxylation sites is 1. The van der Waals surface area contributed by atoms with Crippen LogP contribution in [-0.2, 0) is 4.74 Å². The molecule has 3 rings (SSSR count). The molecule has 0 aromatic heterocycles. The Hall–Kier alpha value is -3.32. The first kappa shape index (κ1) is 20.4. The molecule has 1 amide bonds. The van der Waals surface area contributed by atoms with Crippen LogP contribution < -0.4 is 14.2 Å². The second-order valence-corrected chi connectivity index (χ2v) is 6.27. The minimum Gasteiger partial charge on any atom is -0.497 e. The van der Waals surface area contributed by atoms with Crippen LogP contribution in [0.4, 0.5) is 4.79 Å². The van der Waals surface area contributed by atoms with E-state index in [1.54, 1.807) is 30.2 Å². The number of allylic oxidation sites excluding steroid dienone is 1. The molecule has 1 aliphatic heterocycles. The standard InChI is InChI=1S/C22H23NO6/c1-26-17-8-9-18(19(24)10-7-16-5-3-4-6-20(16)27-2)21(15-17)29-22(25)23-11-13-28-14-12-23/h3-10,15H,11-14H2,1-2H3/b10-7+. The Morgan fingerprint density at radius 1 is 1.00 bits per heavy atom. The summed E-state index contributed by atoms with van der Waals surface area (Å²) in [6.07, 6.45) is 2.56. The Labute approximate surface area is 169 Å². The summed E-state index contributed by atoms with van der Waals surface area (Å²) in [5.41, 5.74) is 1.03. The highest BCUT2D eigenvalue weighted by Crippen LogP contribution is 2.27. The topological polar surface area (TPSA) is 74.3 Å². The van der Waals surface area contributed by atoms with Gasteiger partial charge in [-0.3, -0.25) is 4.79 Å². The van der Waals surface area contributed by atoms with Crippen LogP contribution in [0.2, 0.25) is 0 Å². The number of benzene rings is 2. The Balaban J connectivity index is 1.83. The number of hydrogen-bond acceptors (Lipinski definition) is 6. The molecule has 0 atom stereocenters. The Bertz CT molecular complexity index is 902. The van der Waals surface area contributed by atoms with E-state index in [2.05, 4.69) is 0 Å². The van der Waals surface area contributed by atoms with Crippen molar-refractivity contribution in [2.24, 2.45) is 0 Å². The van der Waals surface area contributed by atoms with Gasteiger partial charge in [0.25, 0.3) is 0 Å². The summed E-state index contributed by atoms with van der Waals surface area (Å²) in [6, 6.07) is 12.1. The molecule has 0 saturated carbocycles. The predicted octanol–water partition coefficient (Wildman–Crippen LogP) is 3.43. The normalized spacial score (nSPS) is 13.9. The Kier molecular flexibility index (Phi) is 6.86. The Morgan fingerprint density at radius 2 is 1.76 bits per heavy atom. The molecule has 0 radical (unpaired) electrons. The van der Waals surface area contributed by atoms with Gasteiger partial charge in [0.2, 0.25) is 0 Å². The lowest BCUT2D eigenvalue weighted by molar-refractivity contribution is 0.0415. The monoisotopic (exact) mass is 397 g/mol. The van der Waals surface area contributed by atoms with Crippen molar-refractivity contribution in [2.45, 2.75) is 0 Å². The molecule has 0 bridgehead atoms. The summed E-state index contributed by atoms with van der Waals surface area (Å²) < 4.78 is 21.3. The smallest absolute Gasteiger partial charge is 0.415 e. The summed E-state index contributed by atoms with van der Waals surface area (Å²) >= 11 is 0. The maximum absolute atomic E-state index is 12.8. The molecule has 2 aromatic carbocycles. The van der Waals surface area contributed by atoms with Crippen LogP contribution in [0.25, 0.3) is 6.08 Å². The number of nitrogens with zero attached hydrogens (tertiary/aromatic N) is 1. The highest BCUT2D eigenvalue weighted by molar-refractivity contribution is 6.09. The van der Waals surface area contributed by atoms with Crippen LogP contribution >= 0.6 is 0 Å². The minimum atomic E-state index is -0.524. The second-order valence-electron chi connectivity index (χ2n) is 6.27. The molecule has 1 heterocycles. The number of hydrogen-bond donors (Lipinski definition) is 0. The maximum atomic E-state index is 12.8. The van der Waals surface area contributed by atoms with Gasteiger partial charge in [0.1, 0.15) is 17.2 Å². The van der Waals surface area contributed by atoms with Gasteiger partial charge < -0.3 is 23.8 Å². The zero-order valence-electron chi connectivity index (χ0n) is 16.4. The number of ketones is 1. The summed E-state index contributed by atoms with van der Waals surface area (Å²) in [6.45, 7) is 1.81. The number of carbonyl (C=O) groups is 2. The average molecular weight is 397 g/mol. The van der Waals surface area contributed by atoms with Crippen LogP contribution in [0.5, 0.6) is 17.2 Å². The van der Waals surface area contributed by atoms with Crippen LogP contribution in [-0.4, -0.2) is 57.3 Å². The molecule has 0 aliphatic carbocycles. The number of carbonyl (C=O) groups excluding carboxylic acids is 2. The first-order valence-electron chi connectivity index (χ1n) is 9.20. The van der Waals surface area contributed by atoms with Gasteiger partial charge in [-0.05, 0) is 30.4 Å². The SMILES string of the molecule is COc1ccc(C(=O)/C=C/c2ccccc2OC)c(OC(=O)N2CCOCC2)c1. The van der Waals surface area contributed by atoms with Gasteiger partial charge in [-0.1, -0.05) is 18.2 Å². The zero-order valence-corrected chi connectivity index (χ0v) is 16.4. The zero-order chi connectivity index (χ0) is 20.6. The predicted molar refractivity (Wildman–Crippen MR) is 108 cm³/mol. The first-order valence-corrected chi connectivity index (χ1v) is 9.20. The van der Waals surface area contributed by atoms with Gasteiger partial charge in [0, 0.05) is 24.7 Å². The van der Waals surface area contributed by atoms with Crippen LogP contribution in [0, 0.1) is 0 Å². The van der Waals surface area contributed by atoms with Crippen molar-refractivity contribution in [1.29, 1.82) is 0 Å². The van der Waals surface area contributed by atoms with Crippen molar-refractivity contribution in [2.75, 3.05) is 40.5 Å². The molecule has 2 aromatic rings. The molecule has 1 saturated heterocycles. The van der Waals surface area contributed by atoms with Crippen LogP contribution in [0.15, 0.2) is 48.5 Å². The van der Waals surface area contributed by atoms with Gasteiger partial charge in [0.15, 0.2) is 5.78 Å². The van der Waals surface area contributed by atoms with E-state index in [4.69, 9.17) is 18.9 Å². The fourth-order valence-electron chi connectivity index (χ4n) is 2.88. The third kappa shape index (κ3) is 5.14. The lowest BCUT2D eigenvalue weighted by Gasteiger charge is -2.26. The molecule has 0 spiro atoms. The van der Waals surface area contributed by atoms with E-state index >= 15 is 0 Å². The van der Waals surface area contributed by atoms with Crippen molar-refractivity contribution in [3.05, 3.63) is 59.7 Å². The van der Waals surface area contributed by atoms with E-state index in [1.807, 2.05) is 24.3 Å². The van der Waals surface area contributed by atoms with Gasteiger partial charge in [0.05, 0.1) is 33.0 Å². The number of methoxy groups -OCH3 is 2. The molecule has 1 aliphatic rings. The third-order valence-electron chi connectivity index (χ3n) is 4.47. The summed E-state index contributed by atoms with van der Waals surface area (Å²) in [7, 11) is 3.08. The number of rotatable bonds is 6. The lowest BCUT2D eigenvalue weighted by atomic mass is 10.1. The highest BCUT2D eigenvalue weighted by Gasteiger charge is 2.21. The lowest BCUT2D eigenvalue weighted by Crippen LogP contribution is -2.42. The van der Waals surface area contributed by atoms with Crippen molar-refractivity contribution in [1.82, 2.24) is 4.90 Å². The van der Waals surface area contributed by atoms with Crippen molar-refractivity contribution < 1.29 is 28.5 Å². The summed E-state index contributed by atoms with van der Waals surface area (Å²) in [5.74, 6) is 0.990. The number of morpholine rings is 1. The quantitative estimate of drug-likeness (QED) is 0.549. The van der Waals surface area contributed by atoms with Crippen LogP contribution in [0.1, 0.15) is 15.9 Å². The van der Waals surface area contributed by atoms with Crippen molar-refractivity contribution in [3.8, 4) is 17.2 Å². The van der Waals surface area contributed by atoms with Gasteiger partial charge in [-0.25, -0.2) is 4.79 Å². The Morgan fingerprint density at radius 3 is 2.48 bits per heavy atom. The molecule has 29 heavy (non-hydrogen) atoms. The second kappa shape index (κ2) is 9.75. The van der Waals surface area contributed by atoms with Gasteiger partial charge >= 0.3 is 6.09 Å². The molecule has 7 heteroatoms. The van der Waals surface area contributed by atoms with E-state index in [0.29, 0.717) is 37.8 Å². The van der Waals surface area contributed by atoms with Crippen LogP contribution in [0.3, 0.4) is 0 Å². The number of ether oxygens (including phenoxy) is 4. The van der Waals surface area contributed by atoms with Gasteiger partial charge in [-0.15, -0.1) is 0 Å². The van der Waals surface area contributed by atoms with E-state index in [1.165, 1.54) is 19.3 Å².